The minimum atomic E-state index is -1.54. The van der Waals surface area contributed by atoms with Gasteiger partial charge in [-0.2, -0.15) is 0 Å². The fourth-order valence-electron chi connectivity index (χ4n) is 8.70. The van der Waals surface area contributed by atoms with E-state index in [0.717, 1.165) is 83.5 Å². The van der Waals surface area contributed by atoms with Gasteiger partial charge in [0.15, 0.2) is 5.78 Å². The van der Waals surface area contributed by atoms with Gasteiger partial charge in [0.2, 0.25) is 6.41 Å². The number of ether oxygens (including phenoxy) is 1. The molecule has 0 bridgehead atoms. The summed E-state index contributed by atoms with van der Waals surface area (Å²) >= 11 is 0. The van der Waals surface area contributed by atoms with Crippen molar-refractivity contribution in [3.63, 3.8) is 0 Å². The van der Waals surface area contributed by atoms with Gasteiger partial charge in [0, 0.05) is 43.5 Å². The highest BCUT2D eigenvalue weighted by molar-refractivity contribution is 5.97. The molecule has 358 valence electrons. The second-order valence-corrected chi connectivity index (χ2v) is 19.2. The first kappa shape index (κ1) is 59.5. The highest BCUT2D eigenvalue weighted by atomic mass is 16.5. The third-order valence-electron chi connectivity index (χ3n) is 13.4. The molecule has 6 unspecified atom stereocenters. The fourth-order valence-corrected chi connectivity index (χ4v) is 8.70. The maximum absolute atomic E-state index is 12.9. The molecule has 62 heavy (non-hydrogen) atoms. The number of rotatable bonds is 32. The van der Waals surface area contributed by atoms with Gasteiger partial charge in [0.25, 0.3) is 0 Å². The van der Waals surface area contributed by atoms with Gasteiger partial charge in [0.1, 0.15) is 5.78 Å². The summed E-state index contributed by atoms with van der Waals surface area (Å²) in [6.07, 6.45) is 25.9. The van der Waals surface area contributed by atoms with Crippen molar-refractivity contribution in [3.8, 4) is 0 Å². The molecule has 0 aliphatic heterocycles. The molecule has 1 rings (SSSR count). The number of nitrogens with two attached hydrogens (primary N) is 1. The van der Waals surface area contributed by atoms with E-state index in [9.17, 15) is 14.7 Å². The van der Waals surface area contributed by atoms with Crippen LogP contribution in [0.5, 0.6) is 0 Å². The first-order valence-electron chi connectivity index (χ1n) is 24.4. The molecular formula is C54H96N2O6. The Bertz CT molecular complexity index is 1410. The zero-order valence-corrected chi connectivity index (χ0v) is 41.8. The van der Waals surface area contributed by atoms with E-state index in [-0.39, 0.29) is 35.7 Å². The van der Waals surface area contributed by atoms with E-state index in [2.05, 4.69) is 96.5 Å². The Morgan fingerprint density at radius 2 is 1.53 bits per heavy atom. The molecule has 1 aliphatic carbocycles. The number of carbonyl (C=O) groups is 2. The SMILES string of the molecule is C=C(C(C)C/C(C)=C/[C@@H](C)C(=O)CCCCC1CC[C@@H](O)C(OC)C1)C(C)C[C@H](C)/C=C/C=C/C=C(\C)CCCCCC(C)C(C)(N)C(=C)C(=O)C[C@@H](C)CCNC(O)O.CC. The number of Topliss-reactive ketones (excluding diaryl/α,β-unsaturated/α-hetero) is 2. The predicted molar refractivity (Wildman–Crippen MR) is 263 cm³/mol. The first-order valence-corrected chi connectivity index (χ1v) is 24.4. The van der Waals surface area contributed by atoms with E-state index < -0.39 is 12.0 Å². The highest BCUT2D eigenvalue weighted by Crippen LogP contribution is 2.32. The molecule has 8 nitrogen and oxygen atoms in total. The lowest BCUT2D eigenvalue weighted by Gasteiger charge is -2.33. The zero-order valence-electron chi connectivity index (χ0n) is 41.8. The van der Waals surface area contributed by atoms with Crippen molar-refractivity contribution in [3.05, 3.63) is 71.9 Å². The minimum Gasteiger partial charge on any atom is -0.390 e. The summed E-state index contributed by atoms with van der Waals surface area (Å²) in [6.45, 7) is 32.2. The number of carbonyl (C=O) groups excluding carboxylic acids is 2. The molecule has 0 amide bonds. The Morgan fingerprint density at radius 3 is 2.18 bits per heavy atom. The number of ketones is 2. The van der Waals surface area contributed by atoms with Crippen molar-refractivity contribution in [2.45, 2.75) is 203 Å². The molecular weight excluding hydrogens is 773 g/mol. The summed E-state index contributed by atoms with van der Waals surface area (Å²) in [5.41, 5.74) is 10.3. The summed E-state index contributed by atoms with van der Waals surface area (Å²) in [5, 5.41) is 30.5. The van der Waals surface area contributed by atoms with Crippen LogP contribution in [0.4, 0.5) is 0 Å². The number of hydrogen-bond donors (Lipinski definition) is 5. The van der Waals surface area contributed by atoms with Crippen LogP contribution in [0.25, 0.3) is 0 Å². The molecule has 0 aromatic heterocycles. The Labute approximate surface area is 381 Å². The van der Waals surface area contributed by atoms with E-state index >= 15 is 0 Å². The summed E-state index contributed by atoms with van der Waals surface area (Å²) in [6, 6.07) is 0. The molecule has 8 heteroatoms. The second-order valence-electron chi connectivity index (χ2n) is 19.2. The summed E-state index contributed by atoms with van der Waals surface area (Å²) in [5.74, 6) is 2.26. The lowest BCUT2D eigenvalue weighted by Crippen LogP contribution is -2.47. The number of hydrogen-bond acceptors (Lipinski definition) is 8. The molecule has 0 aromatic rings. The van der Waals surface area contributed by atoms with Gasteiger partial charge in [0.05, 0.1) is 12.2 Å². The van der Waals surface area contributed by atoms with Crippen LogP contribution in [-0.2, 0) is 14.3 Å². The lowest BCUT2D eigenvalue weighted by molar-refractivity contribution is -0.121. The largest absolute Gasteiger partial charge is 0.390 e. The highest BCUT2D eigenvalue weighted by Gasteiger charge is 2.33. The minimum absolute atomic E-state index is 0.0126. The van der Waals surface area contributed by atoms with E-state index in [1.54, 1.807) is 7.11 Å². The maximum atomic E-state index is 12.9. The summed E-state index contributed by atoms with van der Waals surface area (Å²) in [4.78, 5) is 25.8. The van der Waals surface area contributed by atoms with Gasteiger partial charge in [-0.15, -0.1) is 0 Å². The Balaban J connectivity index is 0.0000183. The molecule has 1 saturated carbocycles. The van der Waals surface area contributed by atoms with E-state index in [4.69, 9.17) is 20.7 Å². The van der Waals surface area contributed by atoms with Crippen LogP contribution < -0.4 is 11.1 Å². The Hall–Kier alpha value is -2.46. The van der Waals surface area contributed by atoms with Crippen molar-refractivity contribution >= 4 is 11.6 Å². The summed E-state index contributed by atoms with van der Waals surface area (Å²) in [7, 11) is 1.69. The second kappa shape index (κ2) is 33.1. The third kappa shape index (κ3) is 25.1. The van der Waals surface area contributed by atoms with Gasteiger partial charge in [-0.3, -0.25) is 14.9 Å². The van der Waals surface area contributed by atoms with Gasteiger partial charge in [-0.25, -0.2) is 0 Å². The molecule has 0 radical (unpaired) electrons. The standard InChI is InChI=1S/C52H90N2O6.C2H6/c1-36(22-16-14-18-24-43(8)52(11,53)45(10)49(57)34-38(3)29-30-54-51(58)59)21-15-13-17-23-37(2)31-40(5)44(9)41(6)32-39(4)33-42(7)47(55)26-20-19-25-46-27-28-48(56)50(35-46)60-12;1-2/h13,15,17,21,23,33,37-38,40-43,46,48,50-51,54,56,58-59H,9-10,14,16,18-20,22,24-32,34-35,53H2,1-8,11-12H3;1-2H3/b15-13+,23-17+,36-21+,39-33+;/t37-,38+,40?,41?,42-,43?,46?,48-,50?,52?;/m1./s1. The lowest BCUT2D eigenvalue weighted by atomic mass is 9.76. The molecule has 1 fully saturated rings. The molecule has 0 spiro atoms. The fraction of sp³-hybridized carbons (Fsp3) is 0.741. The predicted octanol–water partition coefficient (Wildman–Crippen LogP) is 11.9. The molecule has 0 aromatic carbocycles. The van der Waals surface area contributed by atoms with Crippen molar-refractivity contribution in [1.29, 1.82) is 0 Å². The van der Waals surface area contributed by atoms with Crippen LogP contribution in [0.3, 0.4) is 0 Å². The number of nitrogens with one attached hydrogen (secondary N) is 1. The number of methoxy groups -OCH3 is 1. The molecule has 6 N–H and O–H groups in total. The quantitative estimate of drug-likeness (QED) is 0.0148. The van der Waals surface area contributed by atoms with Gasteiger partial charge >= 0.3 is 0 Å². The average molecular weight is 869 g/mol. The molecule has 1 aliphatic rings. The van der Waals surface area contributed by atoms with Crippen molar-refractivity contribution < 1.29 is 29.6 Å². The zero-order chi connectivity index (χ0) is 47.4. The number of unbranched alkanes of at least 4 members (excludes halogenated alkanes) is 3. The summed E-state index contributed by atoms with van der Waals surface area (Å²) < 4.78 is 5.45. The first-order chi connectivity index (χ1) is 29.2. The maximum Gasteiger partial charge on any atom is 0.210 e. The van der Waals surface area contributed by atoms with Crippen LogP contribution in [0.2, 0.25) is 0 Å². The smallest absolute Gasteiger partial charge is 0.210 e. The van der Waals surface area contributed by atoms with Crippen LogP contribution >= 0.6 is 0 Å². The monoisotopic (exact) mass is 869 g/mol. The van der Waals surface area contributed by atoms with E-state index in [1.165, 1.54) is 16.7 Å². The molecule has 0 saturated heterocycles. The molecule has 0 heterocycles. The van der Waals surface area contributed by atoms with Crippen LogP contribution in [0.1, 0.15) is 179 Å². The van der Waals surface area contributed by atoms with Crippen molar-refractivity contribution in [2.75, 3.05) is 13.7 Å². The van der Waals surface area contributed by atoms with Gasteiger partial charge in [-0.05, 0) is 120 Å². The topological polar surface area (TPSA) is 142 Å². The van der Waals surface area contributed by atoms with Gasteiger partial charge < -0.3 is 25.8 Å². The Morgan fingerprint density at radius 1 is 0.871 bits per heavy atom. The van der Waals surface area contributed by atoms with Crippen LogP contribution in [0, 0.1) is 41.4 Å². The van der Waals surface area contributed by atoms with Crippen molar-refractivity contribution in [1.82, 2.24) is 5.32 Å². The van der Waals surface area contributed by atoms with Crippen molar-refractivity contribution in [2.24, 2.45) is 47.2 Å². The van der Waals surface area contributed by atoms with Gasteiger partial charge in [-0.1, -0.05) is 147 Å². The van der Waals surface area contributed by atoms with Crippen LogP contribution in [0.15, 0.2) is 71.9 Å². The average Bonchev–Trinajstić information content (AvgIpc) is 3.22. The number of allylic oxidation sites excluding steroid dienone is 9. The third-order valence-corrected chi connectivity index (χ3v) is 13.4. The normalized spacial score (nSPS) is 21.5. The number of aliphatic hydroxyl groups excluding tert-OH is 2. The number of aliphatic hydroxyl groups is 3. The molecule has 10 atom stereocenters. The van der Waals surface area contributed by atoms with E-state index in [0.29, 0.717) is 60.8 Å². The van der Waals surface area contributed by atoms with Crippen LogP contribution in [-0.4, -0.2) is 64.7 Å². The van der Waals surface area contributed by atoms with E-state index in [1.807, 2.05) is 34.6 Å². The Kier molecular flexibility index (Phi) is 31.8.